The molecule has 0 heteroatoms. The van der Waals surface area contributed by atoms with Crippen LogP contribution in [0.2, 0.25) is 0 Å². The first-order valence-electron chi connectivity index (χ1n) is 24.0. The van der Waals surface area contributed by atoms with Gasteiger partial charge in [-0.25, -0.2) is 0 Å². The predicted octanol–water partition coefficient (Wildman–Crippen LogP) is 20.2. The van der Waals surface area contributed by atoms with Crippen molar-refractivity contribution in [3.8, 4) is 0 Å². The van der Waals surface area contributed by atoms with Crippen LogP contribution in [0.5, 0.6) is 0 Å². The van der Waals surface area contributed by atoms with Crippen molar-refractivity contribution >= 4 is 0 Å². The van der Waals surface area contributed by atoms with Crippen molar-refractivity contribution in [2.24, 2.45) is 0 Å². The molecule has 0 aliphatic heterocycles. The third-order valence-electron chi connectivity index (χ3n) is 8.00. The van der Waals surface area contributed by atoms with E-state index >= 15 is 0 Å². The average molecular weight is 937 g/mol. The molecular weight excluding hydrogens is 865 g/mol. The summed E-state index contributed by atoms with van der Waals surface area (Å²) >= 11 is 0. The van der Waals surface area contributed by atoms with Crippen molar-refractivity contribution in [3.05, 3.63) is 437 Å². The van der Waals surface area contributed by atoms with Crippen LogP contribution in [-0.2, 0) is 0 Å². The highest BCUT2D eigenvalue weighted by molar-refractivity contribution is 5.05. The van der Waals surface area contributed by atoms with Crippen LogP contribution in [0.15, 0.2) is 437 Å². The number of hydrogen-bond donors (Lipinski definition) is 0. The second-order valence-electron chi connectivity index (χ2n) is 13.9. The molecule has 0 bridgehead atoms. The standard InChI is InChI=1S/12C6H6/c12*1-2-4-6-5-3-1/h12*1-6H. The summed E-state index contributed by atoms with van der Waals surface area (Å²) in [6, 6.07) is 144. The smallest absolute Gasteiger partial charge is 0.0623 e. The third kappa shape index (κ3) is 55.0. The van der Waals surface area contributed by atoms with Gasteiger partial charge in [0.15, 0.2) is 0 Å². The molecule has 0 spiro atoms. The monoisotopic (exact) mass is 937 g/mol. The second-order valence-corrected chi connectivity index (χ2v) is 13.9. The highest BCUT2D eigenvalue weighted by Crippen LogP contribution is 1.86. The lowest BCUT2D eigenvalue weighted by molar-refractivity contribution is 1.72. The Hall–Kier alpha value is -9.36. The number of hydrogen-bond acceptors (Lipinski definition) is 0. The molecule has 72 heavy (non-hydrogen) atoms. The minimum Gasteiger partial charge on any atom is -0.0623 e. The summed E-state index contributed by atoms with van der Waals surface area (Å²) in [5.74, 6) is 0. The van der Waals surface area contributed by atoms with Gasteiger partial charge in [-0.3, -0.25) is 0 Å². The first kappa shape index (κ1) is 60.7. The van der Waals surface area contributed by atoms with Crippen molar-refractivity contribution in [2.75, 3.05) is 0 Å². The van der Waals surface area contributed by atoms with Gasteiger partial charge in [-0.2, -0.15) is 0 Å². The molecule has 0 amide bonds. The molecule has 360 valence electrons. The molecule has 0 radical (unpaired) electrons. The Morgan fingerprint density at radius 1 is 0.0278 bits per heavy atom. The Bertz CT molecular complexity index is 1540. The molecule has 0 N–H and O–H groups in total. The summed E-state index contributed by atoms with van der Waals surface area (Å²) in [5, 5.41) is 0. The molecule has 0 aliphatic carbocycles. The van der Waals surface area contributed by atoms with Crippen LogP contribution in [0.4, 0.5) is 0 Å². The second kappa shape index (κ2) is 57.8. The lowest BCUT2D eigenvalue weighted by Crippen LogP contribution is -1.47. The maximum Gasteiger partial charge on any atom is -0.0623 e. The molecule has 0 saturated heterocycles. The Balaban J connectivity index is 0.000000393. The van der Waals surface area contributed by atoms with Crippen molar-refractivity contribution in [2.45, 2.75) is 0 Å². The topological polar surface area (TPSA) is 0 Å². The summed E-state index contributed by atoms with van der Waals surface area (Å²) in [5.41, 5.74) is 0. The van der Waals surface area contributed by atoms with E-state index in [0.29, 0.717) is 0 Å². The van der Waals surface area contributed by atoms with E-state index in [-0.39, 0.29) is 0 Å². The van der Waals surface area contributed by atoms with E-state index in [1.165, 1.54) is 0 Å². The molecule has 12 aromatic rings. The van der Waals surface area contributed by atoms with Gasteiger partial charge in [-0.15, -0.1) is 0 Å². The van der Waals surface area contributed by atoms with Crippen LogP contribution in [0.1, 0.15) is 0 Å². The van der Waals surface area contributed by atoms with Gasteiger partial charge in [0.25, 0.3) is 0 Å². The van der Waals surface area contributed by atoms with Crippen LogP contribution in [-0.4, -0.2) is 0 Å². The van der Waals surface area contributed by atoms with E-state index in [9.17, 15) is 0 Å². The molecule has 0 nitrogen and oxygen atoms in total. The molecule has 12 aromatic carbocycles. The van der Waals surface area contributed by atoms with Gasteiger partial charge in [0.1, 0.15) is 0 Å². The average Bonchev–Trinajstić information content (AvgIpc) is 3.54. The van der Waals surface area contributed by atoms with E-state index in [1.54, 1.807) is 0 Å². The van der Waals surface area contributed by atoms with Crippen LogP contribution in [0, 0.1) is 0 Å². The molecular formula is C72H72. The van der Waals surface area contributed by atoms with Crippen LogP contribution in [0.3, 0.4) is 0 Å². The molecule has 0 heterocycles. The first-order valence-corrected chi connectivity index (χ1v) is 24.0. The van der Waals surface area contributed by atoms with Crippen LogP contribution in [0.25, 0.3) is 0 Å². The zero-order chi connectivity index (χ0) is 50.9. The SMILES string of the molecule is c1ccccc1.c1ccccc1.c1ccccc1.c1ccccc1.c1ccccc1.c1ccccc1.c1ccccc1.c1ccccc1.c1ccccc1.c1ccccc1.c1ccccc1.c1ccccc1. The van der Waals surface area contributed by atoms with E-state index in [1.807, 2.05) is 437 Å². The van der Waals surface area contributed by atoms with Gasteiger partial charge < -0.3 is 0 Å². The molecule has 0 unspecified atom stereocenters. The van der Waals surface area contributed by atoms with Crippen molar-refractivity contribution in [1.29, 1.82) is 0 Å². The van der Waals surface area contributed by atoms with E-state index in [2.05, 4.69) is 0 Å². The van der Waals surface area contributed by atoms with Crippen molar-refractivity contribution < 1.29 is 0 Å². The minimum absolute atomic E-state index is 2.00. The Kier molecular flexibility index (Phi) is 48.7. The maximum absolute atomic E-state index is 2.00. The van der Waals surface area contributed by atoms with Crippen molar-refractivity contribution in [1.82, 2.24) is 0 Å². The van der Waals surface area contributed by atoms with Gasteiger partial charge in [-0.1, -0.05) is 437 Å². The number of rotatable bonds is 0. The zero-order valence-electron chi connectivity index (χ0n) is 41.6. The quantitative estimate of drug-likeness (QED) is 0.142. The van der Waals surface area contributed by atoms with Gasteiger partial charge in [0.2, 0.25) is 0 Å². The predicted molar refractivity (Wildman–Crippen MR) is 317 cm³/mol. The summed E-state index contributed by atoms with van der Waals surface area (Å²) in [6.45, 7) is 0. The molecule has 0 aliphatic rings. The fourth-order valence-electron chi connectivity index (χ4n) is 4.62. The molecule has 0 fully saturated rings. The Morgan fingerprint density at radius 2 is 0.0417 bits per heavy atom. The summed E-state index contributed by atoms with van der Waals surface area (Å²) in [7, 11) is 0. The zero-order valence-corrected chi connectivity index (χ0v) is 41.6. The highest BCUT2D eigenvalue weighted by Gasteiger charge is 1.64. The normalized spacial score (nSPS) is 8.00. The Morgan fingerprint density at radius 3 is 0.0556 bits per heavy atom. The van der Waals surface area contributed by atoms with Crippen LogP contribution < -0.4 is 0 Å². The van der Waals surface area contributed by atoms with E-state index in [4.69, 9.17) is 0 Å². The van der Waals surface area contributed by atoms with Crippen LogP contribution >= 0.6 is 0 Å². The first-order chi connectivity index (χ1) is 36.0. The fraction of sp³-hybridized carbons (Fsp3) is 0. The minimum atomic E-state index is 2.00. The highest BCUT2D eigenvalue weighted by atomic mass is 13.7. The summed E-state index contributed by atoms with van der Waals surface area (Å²) in [6.07, 6.45) is 0. The van der Waals surface area contributed by atoms with Gasteiger partial charge in [0, 0.05) is 0 Å². The largest absolute Gasteiger partial charge is 0.0623 e. The van der Waals surface area contributed by atoms with E-state index in [0.717, 1.165) is 0 Å². The lowest BCUT2D eigenvalue weighted by Gasteiger charge is -1.69. The fourth-order valence-corrected chi connectivity index (χ4v) is 4.62. The maximum atomic E-state index is 2.00. The molecule has 0 aromatic heterocycles. The third-order valence-corrected chi connectivity index (χ3v) is 8.00. The summed E-state index contributed by atoms with van der Waals surface area (Å²) in [4.78, 5) is 0. The lowest BCUT2D eigenvalue weighted by atomic mass is 10.4. The van der Waals surface area contributed by atoms with Gasteiger partial charge >= 0.3 is 0 Å². The molecule has 12 rings (SSSR count). The number of benzene rings is 12. The summed E-state index contributed by atoms with van der Waals surface area (Å²) < 4.78 is 0. The Labute approximate surface area is 434 Å². The molecule has 0 saturated carbocycles. The van der Waals surface area contributed by atoms with Crippen molar-refractivity contribution in [3.63, 3.8) is 0 Å². The van der Waals surface area contributed by atoms with Gasteiger partial charge in [0.05, 0.1) is 0 Å². The van der Waals surface area contributed by atoms with Gasteiger partial charge in [-0.05, 0) is 0 Å². The molecule has 0 atom stereocenters. The van der Waals surface area contributed by atoms with E-state index < -0.39 is 0 Å².